The number of hydrogen-bond donors (Lipinski definition) is 3. The number of nitrogens with zero attached hydrogens (tertiary/aromatic N) is 1. The van der Waals surface area contributed by atoms with Crippen LogP contribution in [-0.4, -0.2) is 24.9 Å². The van der Waals surface area contributed by atoms with E-state index in [1.165, 1.54) is 0 Å². The number of rotatable bonds is 5. The van der Waals surface area contributed by atoms with Crippen molar-refractivity contribution in [1.29, 1.82) is 0 Å². The number of carbonyl (C=O) groups excluding carboxylic acids is 2. The van der Waals surface area contributed by atoms with E-state index in [0.29, 0.717) is 23.5 Å². The average Bonchev–Trinajstić information content (AvgIpc) is 2.26. The third kappa shape index (κ3) is 3.10. The monoisotopic (exact) mass is 236 g/mol. The van der Waals surface area contributed by atoms with Crippen LogP contribution < -0.4 is 22.1 Å². The van der Waals surface area contributed by atoms with Crippen molar-refractivity contribution in [3.63, 3.8) is 0 Å². The van der Waals surface area contributed by atoms with Gasteiger partial charge in [-0.25, -0.2) is 0 Å². The van der Waals surface area contributed by atoms with Crippen LogP contribution in [0.25, 0.3) is 0 Å². The molecule has 1 aromatic rings. The fourth-order valence-electron chi connectivity index (χ4n) is 1.53. The van der Waals surface area contributed by atoms with E-state index in [1.54, 1.807) is 23.1 Å². The molecule has 0 saturated carbocycles. The molecule has 0 saturated heterocycles. The van der Waals surface area contributed by atoms with Gasteiger partial charge in [0.2, 0.25) is 11.8 Å². The minimum atomic E-state index is -0.540. The molecule has 92 valence electrons. The Morgan fingerprint density at radius 3 is 2.41 bits per heavy atom. The molecule has 0 aliphatic carbocycles. The molecule has 2 amide bonds. The van der Waals surface area contributed by atoms with E-state index >= 15 is 0 Å². The quantitative estimate of drug-likeness (QED) is 0.607. The van der Waals surface area contributed by atoms with Gasteiger partial charge in [-0.2, -0.15) is 0 Å². The second-order valence-corrected chi connectivity index (χ2v) is 3.62. The topological polar surface area (TPSA) is 115 Å². The van der Waals surface area contributed by atoms with Gasteiger partial charge in [0, 0.05) is 12.1 Å². The molecule has 1 aromatic carbocycles. The van der Waals surface area contributed by atoms with Crippen molar-refractivity contribution in [3.05, 3.63) is 23.8 Å². The van der Waals surface area contributed by atoms with Gasteiger partial charge in [0.15, 0.2) is 0 Å². The van der Waals surface area contributed by atoms with Crippen molar-refractivity contribution in [3.8, 4) is 0 Å². The van der Waals surface area contributed by atoms with Gasteiger partial charge in [-0.3, -0.25) is 9.59 Å². The second kappa shape index (κ2) is 5.20. The Balaban J connectivity index is 3.12. The Morgan fingerprint density at radius 1 is 1.29 bits per heavy atom. The number of nitrogen functional groups attached to an aromatic ring is 1. The van der Waals surface area contributed by atoms with E-state index in [1.807, 2.05) is 6.92 Å². The Morgan fingerprint density at radius 2 is 1.94 bits per heavy atom. The van der Waals surface area contributed by atoms with Crippen LogP contribution >= 0.6 is 0 Å². The standard InChI is InChI=1S/C11H16N4O2/c1-2-15(6-10(13)16)9-5-7(11(14)17)3-4-8(9)12/h3-5H,2,6,12H2,1H3,(H2,13,16)(H2,14,17). The number of primary amides is 2. The molecule has 0 unspecified atom stereocenters. The zero-order valence-electron chi connectivity index (χ0n) is 9.64. The molecule has 0 aliphatic heterocycles. The van der Waals surface area contributed by atoms with Gasteiger partial charge in [-0.15, -0.1) is 0 Å². The number of nitrogens with two attached hydrogens (primary N) is 3. The number of hydrogen-bond acceptors (Lipinski definition) is 4. The molecule has 0 spiro atoms. The first kappa shape index (κ1) is 12.8. The summed E-state index contributed by atoms with van der Waals surface area (Å²) in [5.41, 5.74) is 17.5. The third-order valence-electron chi connectivity index (χ3n) is 2.38. The highest BCUT2D eigenvalue weighted by Gasteiger charge is 2.12. The van der Waals surface area contributed by atoms with Crippen molar-refractivity contribution in [1.82, 2.24) is 0 Å². The molecule has 0 aromatic heterocycles. The number of amides is 2. The van der Waals surface area contributed by atoms with E-state index in [0.717, 1.165) is 0 Å². The fraction of sp³-hybridized carbons (Fsp3) is 0.273. The molecule has 17 heavy (non-hydrogen) atoms. The maximum Gasteiger partial charge on any atom is 0.248 e. The largest absolute Gasteiger partial charge is 0.397 e. The first-order chi connectivity index (χ1) is 7.95. The van der Waals surface area contributed by atoms with E-state index in [4.69, 9.17) is 17.2 Å². The summed E-state index contributed by atoms with van der Waals surface area (Å²) in [5, 5.41) is 0. The summed E-state index contributed by atoms with van der Waals surface area (Å²) in [6.45, 7) is 2.46. The summed E-state index contributed by atoms with van der Waals surface area (Å²) in [4.78, 5) is 23.7. The molecule has 0 heterocycles. The molecule has 6 heteroatoms. The molecule has 0 bridgehead atoms. The van der Waals surface area contributed by atoms with Crippen LogP contribution in [0.4, 0.5) is 11.4 Å². The van der Waals surface area contributed by atoms with Crippen LogP contribution in [0.3, 0.4) is 0 Å². The van der Waals surface area contributed by atoms with Crippen LogP contribution in [0.5, 0.6) is 0 Å². The van der Waals surface area contributed by atoms with Crippen LogP contribution in [0.1, 0.15) is 17.3 Å². The summed E-state index contributed by atoms with van der Waals surface area (Å²) in [6.07, 6.45) is 0. The Labute approximate surface area is 99.4 Å². The van der Waals surface area contributed by atoms with Crippen molar-refractivity contribution < 1.29 is 9.59 Å². The average molecular weight is 236 g/mol. The lowest BCUT2D eigenvalue weighted by atomic mass is 10.1. The van der Waals surface area contributed by atoms with E-state index in [2.05, 4.69) is 0 Å². The van der Waals surface area contributed by atoms with Gasteiger partial charge in [0.05, 0.1) is 17.9 Å². The maximum atomic E-state index is 11.1. The number of carbonyl (C=O) groups is 2. The zero-order chi connectivity index (χ0) is 13.0. The van der Waals surface area contributed by atoms with Crippen molar-refractivity contribution in [2.24, 2.45) is 11.5 Å². The number of benzene rings is 1. The van der Waals surface area contributed by atoms with Crippen molar-refractivity contribution in [2.75, 3.05) is 23.7 Å². The summed E-state index contributed by atoms with van der Waals surface area (Å²) in [5.74, 6) is -1.00. The van der Waals surface area contributed by atoms with E-state index < -0.39 is 11.8 Å². The Kier molecular flexibility index (Phi) is 3.92. The normalized spacial score (nSPS) is 9.94. The molecule has 1 rings (SSSR count). The van der Waals surface area contributed by atoms with Gasteiger partial charge in [0.25, 0.3) is 0 Å². The van der Waals surface area contributed by atoms with Crippen LogP contribution in [-0.2, 0) is 4.79 Å². The van der Waals surface area contributed by atoms with Crippen LogP contribution in [0, 0.1) is 0 Å². The summed E-state index contributed by atoms with van der Waals surface area (Å²) >= 11 is 0. The number of likely N-dealkylation sites (N-methyl/N-ethyl adjacent to an activating group) is 1. The lowest BCUT2D eigenvalue weighted by Gasteiger charge is -2.23. The summed E-state index contributed by atoms with van der Waals surface area (Å²) < 4.78 is 0. The minimum absolute atomic E-state index is 0.0446. The highest BCUT2D eigenvalue weighted by atomic mass is 16.1. The predicted molar refractivity (Wildman–Crippen MR) is 66.5 cm³/mol. The number of anilines is 2. The molecule has 6 N–H and O–H groups in total. The van der Waals surface area contributed by atoms with Crippen LogP contribution in [0.2, 0.25) is 0 Å². The maximum absolute atomic E-state index is 11.1. The first-order valence-electron chi connectivity index (χ1n) is 5.18. The highest BCUT2D eigenvalue weighted by molar-refractivity contribution is 5.95. The lowest BCUT2D eigenvalue weighted by molar-refractivity contribution is -0.116. The second-order valence-electron chi connectivity index (χ2n) is 3.62. The van der Waals surface area contributed by atoms with Gasteiger partial charge in [-0.1, -0.05) is 0 Å². The predicted octanol–water partition coefficient (Wildman–Crippen LogP) is -0.321. The van der Waals surface area contributed by atoms with Gasteiger partial charge >= 0.3 is 0 Å². The third-order valence-corrected chi connectivity index (χ3v) is 2.38. The molecule has 0 aliphatic rings. The first-order valence-corrected chi connectivity index (χ1v) is 5.18. The zero-order valence-corrected chi connectivity index (χ0v) is 9.64. The fourth-order valence-corrected chi connectivity index (χ4v) is 1.53. The van der Waals surface area contributed by atoms with E-state index in [-0.39, 0.29) is 6.54 Å². The summed E-state index contributed by atoms with van der Waals surface area (Å²) in [7, 11) is 0. The van der Waals surface area contributed by atoms with Crippen molar-refractivity contribution >= 4 is 23.2 Å². The van der Waals surface area contributed by atoms with Crippen molar-refractivity contribution in [2.45, 2.75) is 6.92 Å². The molecular weight excluding hydrogens is 220 g/mol. The molecule has 6 nitrogen and oxygen atoms in total. The van der Waals surface area contributed by atoms with E-state index in [9.17, 15) is 9.59 Å². The minimum Gasteiger partial charge on any atom is -0.397 e. The summed E-state index contributed by atoms with van der Waals surface area (Å²) in [6, 6.07) is 4.68. The van der Waals surface area contributed by atoms with Gasteiger partial charge in [-0.05, 0) is 25.1 Å². The van der Waals surface area contributed by atoms with Gasteiger partial charge < -0.3 is 22.1 Å². The van der Waals surface area contributed by atoms with Crippen LogP contribution in [0.15, 0.2) is 18.2 Å². The molecular formula is C11H16N4O2. The molecule has 0 radical (unpaired) electrons. The highest BCUT2D eigenvalue weighted by Crippen LogP contribution is 2.24. The lowest BCUT2D eigenvalue weighted by Crippen LogP contribution is -2.34. The Hall–Kier alpha value is -2.24. The smallest absolute Gasteiger partial charge is 0.248 e. The molecule has 0 fully saturated rings. The SMILES string of the molecule is CCN(CC(N)=O)c1cc(C(N)=O)ccc1N. The Bertz CT molecular complexity index is 445. The molecule has 0 atom stereocenters. The van der Waals surface area contributed by atoms with Gasteiger partial charge in [0.1, 0.15) is 0 Å².